The van der Waals surface area contributed by atoms with Crippen molar-refractivity contribution in [3.8, 4) is 90.8 Å². The van der Waals surface area contributed by atoms with Gasteiger partial charge in [0.05, 0.1) is 55.7 Å². The summed E-state index contributed by atoms with van der Waals surface area (Å²) in [5, 5.41) is 2.54. The molecule has 0 aliphatic carbocycles. The maximum absolute atomic E-state index is 16.2. The molecule has 4 heterocycles. The second-order valence-corrected chi connectivity index (χ2v) is 19.6. The zero-order chi connectivity index (χ0) is 55.7. The number of hydrogen-bond donors (Lipinski definition) is 0. The third-order valence-electron chi connectivity index (χ3n) is 14.7. The van der Waals surface area contributed by atoms with Crippen LogP contribution in [0.4, 0.5) is 26.3 Å². The normalized spacial score (nSPS) is 12.0. The maximum Gasteiger partial charge on any atom is 0.417 e. The van der Waals surface area contributed by atoms with Crippen molar-refractivity contribution >= 4 is 43.6 Å². The zero-order valence-electron chi connectivity index (χ0n) is 42.9. The van der Waals surface area contributed by atoms with Gasteiger partial charge in [-0.15, -0.1) is 0 Å². The van der Waals surface area contributed by atoms with E-state index in [-0.39, 0.29) is 57.4 Å². The quantitative estimate of drug-likeness (QED) is 0.134. The SMILES string of the molecule is FC(F)(F)c1cccc(-n2c3ccccc3c3cc(-c4ccccc4)c4c5ccccc5n(-c5cccc(C(F)(F)F)c5-c5nc(-c6ccccc6)nc(-c6ccccc6)n5)c4c32)c1-c1nc(-c2ccccc2)nc(-c2ccccc2)n1. The second kappa shape index (κ2) is 19.6. The van der Waals surface area contributed by atoms with E-state index in [4.69, 9.17) is 29.9 Å². The molecular formula is C68H40F6N8. The average molecular weight is 1080 g/mol. The lowest BCUT2D eigenvalue weighted by Gasteiger charge is -2.21. The van der Waals surface area contributed by atoms with Crippen LogP contribution in [0.15, 0.2) is 243 Å². The van der Waals surface area contributed by atoms with Crippen LogP contribution in [0.3, 0.4) is 0 Å². The van der Waals surface area contributed by atoms with E-state index in [1.54, 1.807) is 124 Å². The van der Waals surface area contributed by atoms with E-state index in [1.807, 2.05) is 103 Å². The van der Waals surface area contributed by atoms with E-state index < -0.39 is 23.5 Å². The lowest BCUT2D eigenvalue weighted by Crippen LogP contribution is -2.13. The summed E-state index contributed by atoms with van der Waals surface area (Å²) in [7, 11) is 0. The summed E-state index contributed by atoms with van der Waals surface area (Å²) in [6.45, 7) is 0. The lowest BCUT2D eigenvalue weighted by atomic mass is 9.96. The van der Waals surface area contributed by atoms with E-state index in [2.05, 4.69) is 0 Å². The van der Waals surface area contributed by atoms with Crippen LogP contribution in [0.1, 0.15) is 11.1 Å². The Labute approximate surface area is 464 Å². The molecule has 0 atom stereocenters. The molecule has 8 nitrogen and oxygen atoms in total. The van der Waals surface area contributed by atoms with Crippen LogP contribution in [0.5, 0.6) is 0 Å². The van der Waals surface area contributed by atoms with Gasteiger partial charge in [0, 0.05) is 43.8 Å². The van der Waals surface area contributed by atoms with Crippen molar-refractivity contribution in [1.82, 2.24) is 39.0 Å². The Morgan fingerprint density at radius 3 is 1.01 bits per heavy atom. The van der Waals surface area contributed by atoms with E-state index in [0.717, 1.165) is 23.3 Å². The third kappa shape index (κ3) is 8.50. The predicted octanol–water partition coefficient (Wildman–Crippen LogP) is 18.0. The zero-order valence-corrected chi connectivity index (χ0v) is 42.9. The summed E-state index contributed by atoms with van der Waals surface area (Å²) >= 11 is 0. The molecule has 0 fully saturated rings. The van der Waals surface area contributed by atoms with Gasteiger partial charge >= 0.3 is 12.4 Å². The average Bonchev–Trinajstić information content (AvgIpc) is 3.09. The Balaban J connectivity index is 1.17. The van der Waals surface area contributed by atoms with Gasteiger partial charge in [-0.25, -0.2) is 29.9 Å². The Kier molecular flexibility index (Phi) is 11.9. The van der Waals surface area contributed by atoms with Crippen molar-refractivity contribution in [2.75, 3.05) is 0 Å². The summed E-state index contributed by atoms with van der Waals surface area (Å²) < 4.78 is 101. The Morgan fingerprint density at radius 1 is 0.280 bits per heavy atom. The van der Waals surface area contributed by atoms with E-state index in [0.29, 0.717) is 65.9 Å². The number of para-hydroxylation sites is 2. The summed E-state index contributed by atoms with van der Waals surface area (Å²) in [5.74, 6) is 0.0694. The highest BCUT2D eigenvalue weighted by Crippen LogP contribution is 2.50. The minimum absolute atomic E-state index is 0.0512. The largest absolute Gasteiger partial charge is 0.417 e. The number of hydrogen-bond acceptors (Lipinski definition) is 6. The van der Waals surface area contributed by atoms with Crippen LogP contribution in [-0.2, 0) is 12.4 Å². The monoisotopic (exact) mass is 1080 g/mol. The number of aromatic nitrogens is 8. The molecule has 14 aromatic rings. The number of nitrogens with zero attached hydrogens (tertiary/aromatic N) is 8. The summed E-state index contributed by atoms with van der Waals surface area (Å²) in [4.78, 5) is 29.2. The highest BCUT2D eigenvalue weighted by atomic mass is 19.4. The van der Waals surface area contributed by atoms with Gasteiger partial charge in [0.2, 0.25) is 0 Å². The van der Waals surface area contributed by atoms with E-state index >= 15 is 26.3 Å². The minimum Gasteiger partial charge on any atom is -0.306 e. The number of halogens is 6. The summed E-state index contributed by atoms with van der Waals surface area (Å²) in [6, 6.07) is 70.3. The molecule has 14 rings (SSSR count). The molecule has 0 aliphatic rings. The Morgan fingerprint density at radius 2 is 0.610 bits per heavy atom. The summed E-state index contributed by atoms with van der Waals surface area (Å²) in [6.07, 6.45) is -9.90. The standard InChI is InChI=1S/C68H40F6N8/c69-67(70,71)50-34-20-38-54(57(50)65-77-61(42-24-8-2-9-25-42)75-62(78-65)43-26-10-3-11-27-43)81-52-36-18-16-32-46(52)49-40-48(41-22-6-1-7-23-41)56-47-33-17-19-37-53(47)82(60(56)59(49)81)55-39-21-35-51(68(72,73)74)58(55)66-79-63(44-28-12-4-13-29-44)76-64(80-66)45-30-14-5-15-31-45/h1-40H. The highest BCUT2D eigenvalue weighted by Gasteiger charge is 2.39. The van der Waals surface area contributed by atoms with E-state index in [9.17, 15) is 0 Å². The van der Waals surface area contributed by atoms with E-state index in [1.165, 1.54) is 12.1 Å². The van der Waals surface area contributed by atoms with Crippen molar-refractivity contribution in [2.45, 2.75) is 12.4 Å². The van der Waals surface area contributed by atoms with Crippen LogP contribution >= 0.6 is 0 Å². The fraction of sp³-hybridized carbons (Fsp3) is 0.0294. The fourth-order valence-electron chi connectivity index (χ4n) is 11.2. The molecule has 0 aliphatic heterocycles. The Hall–Kier alpha value is -10.6. The van der Waals surface area contributed by atoms with Crippen LogP contribution in [0.25, 0.3) is 134 Å². The first-order valence-corrected chi connectivity index (χ1v) is 26.2. The molecule has 10 aromatic carbocycles. The van der Waals surface area contributed by atoms with Crippen LogP contribution in [0, 0.1) is 0 Å². The molecule has 82 heavy (non-hydrogen) atoms. The highest BCUT2D eigenvalue weighted by molar-refractivity contribution is 6.28. The molecule has 0 unspecified atom stereocenters. The molecule has 14 heteroatoms. The van der Waals surface area contributed by atoms with Crippen molar-refractivity contribution in [1.29, 1.82) is 0 Å². The molecule has 0 saturated carbocycles. The summed E-state index contributed by atoms with van der Waals surface area (Å²) in [5.41, 5.74) is 2.89. The van der Waals surface area contributed by atoms with Crippen LogP contribution < -0.4 is 0 Å². The molecule has 394 valence electrons. The first-order chi connectivity index (χ1) is 40.0. The van der Waals surface area contributed by atoms with Crippen LogP contribution in [0.2, 0.25) is 0 Å². The van der Waals surface area contributed by atoms with Gasteiger partial charge in [0.1, 0.15) is 0 Å². The molecule has 0 saturated heterocycles. The van der Waals surface area contributed by atoms with Gasteiger partial charge in [-0.1, -0.05) is 200 Å². The molecule has 0 radical (unpaired) electrons. The minimum atomic E-state index is -4.95. The first-order valence-electron chi connectivity index (χ1n) is 26.2. The second-order valence-electron chi connectivity index (χ2n) is 19.6. The van der Waals surface area contributed by atoms with Crippen molar-refractivity contribution in [3.05, 3.63) is 254 Å². The smallest absolute Gasteiger partial charge is 0.306 e. The van der Waals surface area contributed by atoms with Gasteiger partial charge in [-0.3, -0.25) is 0 Å². The number of rotatable bonds is 9. The van der Waals surface area contributed by atoms with Gasteiger partial charge in [0.25, 0.3) is 0 Å². The topological polar surface area (TPSA) is 87.2 Å². The first kappa shape index (κ1) is 49.7. The molecule has 0 N–H and O–H groups in total. The number of alkyl halides is 6. The maximum atomic E-state index is 16.2. The molecule has 0 bridgehead atoms. The van der Waals surface area contributed by atoms with Crippen LogP contribution in [-0.4, -0.2) is 39.0 Å². The van der Waals surface area contributed by atoms with Crippen molar-refractivity contribution in [2.24, 2.45) is 0 Å². The van der Waals surface area contributed by atoms with Crippen molar-refractivity contribution in [3.63, 3.8) is 0 Å². The molecule has 0 spiro atoms. The number of benzene rings is 10. The molecule has 0 amide bonds. The van der Waals surface area contributed by atoms with Crippen molar-refractivity contribution < 1.29 is 26.3 Å². The van der Waals surface area contributed by atoms with Gasteiger partial charge < -0.3 is 9.13 Å². The van der Waals surface area contributed by atoms with Gasteiger partial charge in [-0.2, -0.15) is 26.3 Å². The lowest BCUT2D eigenvalue weighted by molar-refractivity contribution is -0.137. The molecular weight excluding hydrogens is 1040 g/mol. The van der Waals surface area contributed by atoms with Gasteiger partial charge in [-0.05, 0) is 53.6 Å². The molecule has 4 aromatic heterocycles. The number of fused-ring (bicyclic) bond motifs is 7. The third-order valence-corrected chi connectivity index (χ3v) is 14.7. The predicted molar refractivity (Wildman–Crippen MR) is 310 cm³/mol. The fourth-order valence-corrected chi connectivity index (χ4v) is 11.2. The van der Waals surface area contributed by atoms with Gasteiger partial charge in [0.15, 0.2) is 34.9 Å². The Bertz CT molecular complexity index is 4640.